The molecule has 2 aliphatic rings. The van der Waals surface area contributed by atoms with Crippen molar-refractivity contribution in [3.63, 3.8) is 0 Å². The van der Waals surface area contributed by atoms with Crippen LogP contribution in [0.1, 0.15) is 23.7 Å². The SMILES string of the molecule is CC(=O)N1CC(=O)N(c2ccsc2)CC12CCN(C(=O)c1ccc(Cl)cc1)C2. The number of hydrogen-bond donors (Lipinski definition) is 0. The Morgan fingerprint density at radius 3 is 2.54 bits per heavy atom. The number of piperazine rings is 1. The van der Waals surface area contributed by atoms with Gasteiger partial charge < -0.3 is 14.7 Å². The zero-order chi connectivity index (χ0) is 19.9. The minimum absolute atomic E-state index is 0.0359. The molecule has 0 saturated carbocycles. The minimum atomic E-state index is -0.566. The first-order chi connectivity index (χ1) is 13.4. The molecule has 1 aromatic carbocycles. The Morgan fingerprint density at radius 2 is 1.89 bits per heavy atom. The van der Waals surface area contributed by atoms with Gasteiger partial charge in [-0.3, -0.25) is 14.4 Å². The molecule has 28 heavy (non-hydrogen) atoms. The highest BCUT2D eigenvalue weighted by atomic mass is 35.5. The van der Waals surface area contributed by atoms with Crippen molar-refractivity contribution in [2.24, 2.45) is 0 Å². The maximum Gasteiger partial charge on any atom is 0.253 e. The third-order valence-electron chi connectivity index (χ3n) is 5.53. The maximum atomic E-state index is 12.9. The van der Waals surface area contributed by atoms with E-state index in [-0.39, 0.29) is 24.3 Å². The minimum Gasteiger partial charge on any atom is -0.336 e. The fourth-order valence-corrected chi connectivity index (χ4v) is 4.87. The van der Waals surface area contributed by atoms with Gasteiger partial charge in [0, 0.05) is 36.0 Å². The Balaban J connectivity index is 1.60. The van der Waals surface area contributed by atoms with Crippen LogP contribution in [0.2, 0.25) is 5.02 Å². The molecule has 3 amide bonds. The number of thiophene rings is 1. The number of anilines is 1. The summed E-state index contributed by atoms with van der Waals surface area (Å²) in [6, 6.07) is 8.71. The van der Waals surface area contributed by atoms with E-state index in [1.54, 1.807) is 39.0 Å². The number of amides is 3. The number of halogens is 1. The van der Waals surface area contributed by atoms with E-state index in [4.69, 9.17) is 11.6 Å². The Morgan fingerprint density at radius 1 is 1.14 bits per heavy atom. The second-order valence-corrected chi connectivity index (χ2v) is 8.49. The highest BCUT2D eigenvalue weighted by molar-refractivity contribution is 7.08. The number of carbonyl (C=O) groups excluding carboxylic acids is 3. The Hall–Kier alpha value is -2.38. The second-order valence-electron chi connectivity index (χ2n) is 7.27. The van der Waals surface area contributed by atoms with Gasteiger partial charge >= 0.3 is 0 Å². The summed E-state index contributed by atoms with van der Waals surface area (Å²) in [5, 5.41) is 4.44. The molecule has 2 aliphatic heterocycles. The number of hydrogen-bond acceptors (Lipinski definition) is 4. The van der Waals surface area contributed by atoms with Crippen molar-refractivity contribution in [1.82, 2.24) is 9.80 Å². The molecule has 2 saturated heterocycles. The summed E-state index contributed by atoms with van der Waals surface area (Å²) in [5.74, 6) is -0.322. The predicted octanol–water partition coefficient (Wildman–Crippen LogP) is 2.88. The molecule has 2 fully saturated rings. The first-order valence-electron chi connectivity index (χ1n) is 9.05. The monoisotopic (exact) mass is 417 g/mol. The summed E-state index contributed by atoms with van der Waals surface area (Å²) in [4.78, 5) is 43.1. The molecule has 146 valence electrons. The van der Waals surface area contributed by atoms with Crippen LogP contribution in [0.4, 0.5) is 5.69 Å². The quantitative estimate of drug-likeness (QED) is 0.754. The molecule has 0 radical (unpaired) electrons. The summed E-state index contributed by atoms with van der Waals surface area (Å²) in [6.07, 6.45) is 0.639. The standard InChI is InChI=1S/C20H20ClN3O3S/c1-14(25)24-10-18(26)23(17-6-9-28-11-17)13-20(24)7-8-22(12-20)19(27)15-2-4-16(21)5-3-15/h2-6,9,11H,7-8,10,12-13H2,1H3. The van der Waals surface area contributed by atoms with Gasteiger partial charge in [0.2, 0.25) is 11.8 Å². The summed E-state index contributed by atoms with van der Waals surface area (Å²) in [6.45, 7) is 2.86. The predicted molar refractivity (Wildman–Crippen MR) is 109 cm³/mol. The van der Waals surface area contributed by atoms with E-state index in [0.29, 0.717) is 36.6 Å². The molecule has 2 aromatic rings. The largest absolute Gasteiger partial charge is 0.336 e. The summed E-state index contributed by atoms with van der Waals surface area (Å²) < 4.78 is 0. The van der Waals surface area contributed by atoms with Gasteiger partial charge in [-0.25, -0.2) is 0 Å². The highest BCUT2D eigenvalue weighted by Gasteiger charge is 2.51. The highest BCUT2D eigenvalue weighted by Crippen LogP contribution is 2.35. The van der Waals surface area contributed by atoms with E-state index in [9.17, 15) is 14.4 Å². The molecule has 0 N–H and O–H groups in total. The van der Waals surface area contributed by atoms with Crippen LogP contribution in [0.25, 0.3) is 0 Å². The van der Waals surface area contributed by atoms with Crippen LogP contribution in [-0.2, 0) is 9.59 Å². The van der Waals surface area contributed by atoms with Crippen molar-refractivity contribution in [3.05, 3.63) is 51.7 Å². The number of nitrogens with zero attached hydrogens (tertiary/aromatic N) is 3. The molecule has 1 unspecified atom stereocenters. The van der Waals surface area contributed by atoms with Crippen LogP contribution < -0.4 is 4.90 Å². The lowest BCUT2D eigenvalue weighted by Crippen LogP contribution is -2.67. The average molecular weight is 418 g/mol. The van der Waals surface area contributed by atoms with Gasteiger partial charge in [-0.2, -0.15) is 11.3 Å². The van der Waals surface area contributed by atoms with E-state index < -0.39 is 5.54 Å². The Bertz CT molecular complexity index is 915. The van der Waals surface area contributed by atoms with Gasteiger partial charge in [0.25, 0.3) is 5.91 Å². The van der Waals surface area contributed by atoms with Crippen molar-refractivity contribution in [2.75, 3.05) is 31.1 Å². The molecule has 4 rings (SSSR count). The lowest BCUT2D eigenvalue weighted by molar-refractivity contribution is -0.142. The molecule has 8 heteroatoms. The van der Waals surface area contributed by atoms with Crippen molar-refractivity contribution in [2.45, 2.75) is 18.9 Å². The van der Waals surface area contributed by atoms with Crippen LogP contribution in [0, 0.1) is 0 Å². The normalized spacial score (nSPS) is 22.2. The molecule has 0 aliphatic carbocycles. The lowest BCUT2D eigenvalue weighted by Gasteiger charge is -2.47. The van der Waals surface area contributed by atoms with Crippen LogP contribution in [0.5, 0.6) is 0 Å². The third-order valence-corrected chi connectivity index (χ3v) is 6.45. The molecule has 0 bridgehead atoms. The molecule has 3 heterocycles. The molecule has 1 aromatic heterocycles. The van der Waals surface area contributed by atoms with E-state index in [1.165, 1.54) is 18.3 Å². The van der Waals surface area contributed by atoms with E-state index in [1.807, 2.05) is 16.8 Å². The molecule has 1 spiro atoms. The van der Waals surface area contributed by atoms with Crippen LogP contribution in [0.3, 0.4) is 0 Å². The van der Waals surface area contributed by atoms with Gasteiger partial charge in [0.1, 0.15) is 6.54 Å². The van der Waals surface area contributed by atoms with Gasteiger partial charge in [0.15, 0.2) is 0 Å². The topological polar surface area (TPSA) is 60.9 Å². The van der Waals surface area contributed by atoms with E-state index in [0.717, 1.165) is 5.69 Å². The smallest absolute Gasteiger partial charge is 0.253 e. The third kappa shape index (κ3) is 3.29. The fourth-order valence-electron chi connectivity index (χ4n) is 4.10. The van der Waals surface area contributed by atoms with E-state index >= 15 is 0 Å². The number of likely N-dealkylation sites (tertiary alicyclic amines) is 1. The van der Waals surface area contributed by atoms with Gasteiger partial charge in [0.05, 0.1) is 17.8 Å². The Kier molecular flexibility index (Phi) is 4.89. The van der Waals surface area contributed by atoms with Gasteiger partial charge in [-0.1, -0.05) is 11.6 Å². The molecular formula is C20H20ClN3O3S. The average Bonchev–Trinajstić information content (AvgIpc) is 3.34. The number of carbonyl (C=O) groups is 3. The lowest BCUT2D eigenvalue weighted by atomic mass is 9.92. The maximum absolute atomic E-state index is 12.9. The first-order valence-corrected chi connectivity index (χ1v) is 10.4. The fraction of sp³-hybridized carbons (Fsp3) is 0.350. The summed E-state index contributed by atoms with van der Waals surface area (Å²) >= 11 is 7.45. The number of rotatable bonds is 2. The van der Waals surface area contributed by atoms with Crippen molar-refractivity contribution < 1.29 is 14.4 Å². The molecular weight excluding hydrogens is 398 g/mol. The van der Waals surface area contributed by atoms with E-state index in [2.05, 4.69) is 0 Å². The van der Waals surface area contributed by atoms with Crippen molar-refractivity contribution in [3.8, 4) is 0 Å². The number of benzene rings is 1. The summed E-state index contributed by atoms with van der Waals surface area (Å²) in [7, 11) is 0. The zero-order valence-corrected chi connectivity index (χ0v) is 17.0. The second kappa shape index (κ2) is 7.22. The summed E-state index contributed by atoms with van der Waals surface area (Å²) in [5.41, 5.74) is 0.849. The van der Waals surface area contributed by atoms with Crippen molar-refractivity contribution in [1.29, 1.82) is 0 Å². The Labute approximate surface area is 172 Å². The molecule has 6 nitrogen and oxygen atoms in total. The van der Waals surface area contributed by atoms with Gasteiger partial charge in [-0.15, -0.1) is 0 Å². The van der Waals surface area contributed by atoms with Crippen molar-refractivity contribution >= 4 is 46.3 Å². The van der Waals surface area contributed by atoms with Crippen LogP contribution in [-0.4, -0.2) is 59.2 Å². The first kappa shape index (κ1) is 19.0. The molecule has 1 atom stereocenters. The van der Waals surface area contributed by atoms with Gasteiger partial charge in [-0.05, 0) is 42.1 Å². The van der Waals surface area contributed by atoms with Crippen LogP contribution in [0.15, 0.2) is 41.1 Å². The zero-order valence-electron chi connectivity index (χ0n) is 15.4. The van der Waals surface area contributed by atoms with Crippen LogP contribution >= 0.6 is 22.9 Å².